The van der Waals surface area contributed by atoms with Crippen LogP contribution in [0.5, 0.6) is 0 Å². The molecule has 0 aliphatic rings. The molecular formula is C56H34N6O. The molecule has 5 heterocycles. The van der Waals surface area contributed by atoms with Crippen LogP contribution in [0.25, 0.3) is 122 Å². The van der Waals surface area contributed by atoms with Crippen LogP contribution in [-0.2, 0) is 0 Å². The molecule has 8 aromatic carbocycles. The molecule has 0 bridgehead atoms. The Hall–Kier alpha value is -8.68. The Labute approximate surface area is 360 Å². The van der Waals surface area contributed by atoms with Gasteiger partial charge in [0, 0.05) is 54.7 Å². The third-order valence-electron chi connectivity index (χ3n) is 12.3. The first-order valence-corrected chi connectivity index (χ1v) is 21.0. The van der Waals surface area contributed by atoms with Crippen molar-refractivity contribution < 1.29 is 4.42 Å². The molecule has 7 nitrogen and oxygen atoms in total. The van der Waals surface area contributed by atoms with Gasteiger partial charge in [0.15, 0.2) is 17.2 Å². The van der Waals surface area contributed by atoms with Crippen LogP contribution < -0.4 is 0 Å². The van der Waals surface area contributed by atoms with E-state index in [4.69, 9.17) is 24.4 Å². The van der Waals surface area contributed by atoms with Gasteiger partial charge in [0.25, 0.3) is 0 Å². The van der Waals surface area contributed by atoms with E-state index in [9.17, 15) is 0 Å². The SMILES string of the molecule is c1ccc(-c2nc(-c3ccccc3)nc(-n3c4ccccc4c4cc(-c5ccc6c7ccccc7n(-c7ccc(-c8cc9c(cn8)oc8ccccc89)cc7)c6c5)ccc43)n2)cc1. The molecule has 13 aromatic rings. The van der Waals surface area contributed by atoms with E-state index in [0.29, 0.717) is 17.6 Å². The molecule has 0 saturated heterocycles. The van der Waals surface area contributed by atoms with Crippen molar-refractivity contribution in [2.75, 3.05) is 0 Å². The van der Waals surface area contributed by atoms with Gasteiger partial charge >= 0.3 is 0 Å². The highest BCUT2D eigenvalue weighted by Crippen LogP contribution is 2.39. The molecule has 0 unspecified atom stereocenters. The molecule has 0 atom stereocenters. The van der Waals surface area contributed by atoms with Crippen molar-refractivity contribution in [2.45, 2.75) is 0 Å². The molecule has 7 heteroatoms. The zero-order chi connectivity index (χ0) is 41.4. The van der Waals surface area contributed by atoms with Crippen LogP contribution >= 0.6 is 0 Å². The fourth-order valence-electron chi connectivity index (χ4n) is 9.26. The lowest BCUT2D eigenvalue weighted by molar-refractivity contribution is 0.667. The van der Waals surface area contributed by atoms with Gasteiger partial charge in [0.2, 0.25) is 5.95 Å². The van der Waals surface area contributed by atoms with Crippen molar-refractivity contribution >= 4 is 65.6 Å². The van der Waals surface area contributed by atoms with E-state index in [-0.39, 0.29) is 0 Å². The van der Waals surface area contributed by atoms with Gasteiger partial charge in [0.1, 0.15) is 5.58 Å². The summed E-state index contributed by atoms with van der Waals surface area (Å²) in [5.74, 6) is 1.83. The Morgan fingerprint density at radius 3 is 1.62 bits per heavy atom. The summed E-state index contributed by atoms with van der Waals surface area (Å²) < 4.78 is 10.6. The van der Waals surface area contributed by atoms with Crippen LogP contribution in [-0.4, -0.2) is 29.1 Å². The topological polar surface area (TPSA) is 74.6 Å². The van der Waals surface area contributed by atoms with Gasteiger partial charge in [-0.15, -0.1) is 0 Å². The number of furan rings is 1. The predicted octanol–water partition coefficient (Wildman–Crippen LogP) is 14.0. The largest absolute Gasteiger partial charge is 0.454 e. The first kappa shape index (κ1) is 35.1. The van der Waals surface area contributed by atoms with E-state index in [0.717, 1.165) is 94.0 Å². The van der Waals surface area contributed by atoms with Crippen molar-refractivity contribution in [1.29, 1.82) is 0 Å². The minimum absolute atomic E-state index is 0.574. The summed E-state index contributed by atoms with van der Waals surface area (Å²) in [4.78, 5) is 20.0. The number of aromatic nitrogens is 6. The van der Waals surface area contributed by atoms with E-state index >= 15 is 0 Å². The standard InChI is InChI=1S/C56H34N6O/c1-3-13-36(14-4-1)54-58-55(37-15-5-2-6-16-37)60-56(59-54)62-49-21-11-8-18-42(49)45-31-38(26-30-50(45)62)39-25-29-43-41-17-7-10-20-48(41)61(51(43)32-39)40-27-23-35(24-28-40)47-33-46-44-19-9-12-22-52(44)63-53(46)34-57-47/h1-34H. The van der Waals surface area contributed by atoms with Crippen molar-refractivity contribution in [1.82, 2.24) is 29.1 Å². The summed E-state index contributed by atoms with van der Waals surface area (Å²) in [7, 11) is 0. The molecule has 0 fully saturated rings. The Morgan fingerprint density at radius 1 is 0.333 bits per heavy atom. The average Bonchev–Trinajstić information content (AvgIpc) is 4.01. The summed E-state index contributed by atoms with van der Waals surface area (Å²) in [6.07, 6.45) is 1.83. The summed E-state index contributed by atoms with van der Waals surface area (Å²) >= 11 is 0. The molecule has 0 aliphatic heterocycles. The number of para-hydroxylation sites is 3. The molecule has 0 radical (unpaired) electrons. The molecule has 0 saturated carbocycles. The zero-order valence-electron chi connectivity index (χ0n) is 33.7. The summed E-state index contributed by atoms with van der Waals surface area (Å²) in [5.41, 5.74) is 13.2. The van der Waals surface area contributed by atoms with Gasteiger partial charge in [-0.25, -0.2) is 4.98 Å². The van der Waals surface area contributed by atoms with E-state index in [1.165, 1.54) is 10.8 Å². The lowest BCUT2D eigenvalue weighted by Crippen LogP contribution is -2.06. The number of rotatable bonds is 6. The third-order valence-corrected chi connectivity index (χ3v) is 12.3. The Kier molecular flexibility index (Phi) is 7.77. The van der Waals surface area contributed by atoms with Crippen LogP contribution in [0.15, 0.2) is 211 Å². The predicted molar refractivity (Wildman–Crippen MR) is 255 cm³/mol. The number of benzene rings is 8. The molecule has 0 aliphatic carbocycles. The van der Waals surface area contributed by atoms with E-state index in [1.807, 2.05) is 85.1 Å². The second-order valence-electron chi connectivity index (χ2n) is 15.9. The van der Waals surface area contributed by atoms with Crippen molar-refractivity contribution in [3.8, 4) is 56.8 Å². The maximum Gasteiger partial charge on any atom is 0.238 e. The second kappa shape index (κ2) is 13.9. The third kappa shape index (κ3) is 5.67. The van der Waals surface area contributed by atoms with Gasteiger partial charge in [-0.05, 0) is 65.7 Å². The molecule has 0 N–H and O–H groups in total. The normalized spacial score (nSPS) is 11.8. The number of hydrogen-bond acceptors (Lipinski definition) is 5. The molecule has 13 rings (SSSR count). The fourth-order valence-corrected chi connectivity index (χ4v) is 9.26. The quantitative estimate of drug-likeness (QED) is 0.167. The van der Waals surface area contributed by atoms with Crippen molar-refractivity contribution in [3.63, 3.8) is 0 Å². The Balaban J connectivity index is 0.937. The molecule has 0 spiro atoms. The van der Waals surface area contributed by atoms with Gasteiger partial charge in [-0.3, -0.25) is 9.55 Å². The van der Waals surface area contributed by atoms with E-state index < -0.39 is 0 Å². The van der Waals surface area contributed by atoms with Gasteiger partial charge in [-0.1, -0.05) is 146 Å². The Morgan fingerprint density at radius 2 is 0.889 bits per heavy atom. The van der Waals surface area contributed by atoms with Crippen molar-refractivity contribution in [2.24, 2.45) is 0 Å². The van der Waals surface area contributed by atoms with Gasteiger partial charge in [-0.2, -0.15) is 9.97 Å². The summed E-state index contributed by atoms with van der Waals surface area (Å²) in [6.45, 7) is 0. The van der Waals surface area contributed by atoms with E-state index in [1.54, 1.807) is 0 Å². The van der Waals surface area contributed by atoms with Crippen LogP contribution in [0.2, 0.25) is 0 Å². The molecule has 5 aromatic heterocycles. The summed E-state index contributed by atoms with van der Waals surface area (Å²) in [6, 6.07) is 69.9. The van der Waals surface area contributed by atoms with Crippen molar-refractivity contribution in [3.05, 3.63) is 206 Å². The lowest BCUT2D eigenvalue weighted by Gasteiger charge is -2.11. The number of fused-ring (bicyclic) bond motifs is 9. The smallest absolute Gasteiger partial charge is 0.238 e. The average molecular weight is 807 g/mol. The second-order valence-corrected chi connectivity index (χ2v) is 15.9. The fraction of sp³-hybridized carbons (Fsp3) is 0. The molecule has 63 heavy (non-hydrogen) atoms. The van der Waals surface area contributed by atoms with Crippen LogP contribution in [0.4, 0.5) is 0 Å². The van der Waals surface area contributed by atoms with Gasteiger partial charge < -0.3 is 8.98 Å². The first-order valence-electron chi connectivity index (χ1n) is 21.0. The highest BCUT2D eigenvalue weighted by Gasteiger charge is 2.20. The number of hydrogen-bond donors (Lipinski definition) is 0. The maximum atomic E-state index is 6.06. The minimum atomic E-state index is 0.574. The highest BCUT2D eigenvalue weighted by molar-refractivity contribution is 6.12. The molecule has 294 valence electrons. The van der Waals surface area contributed by atoms with Crippen LogP contribution in [0.1, 0.15) is 0 Å². The maximum absolute atomic E-state index is 6.06. The lowest BCUT2D eigenvalue weighted by atomic mass is 10.0. The number of pyridine rings is 1. The summed E-state index contributed by atoms with van der Waals surface area (Å²) in [5, 5.41) is 6.82. The van der Waals surface area contributed by atoms with Gasteiger partial charge in [0.05, 0.1) is 34.0 Å². The Bertz CT molecular complexity index is 3850. The minimum Gasteiger partial charge on any atom is -0.454 e. The molecule has 0 amide bonds. The monoisotopic (exact) mass is 806 g/mol. The first-order chi connectivity index (χ1) is 31.2. The highest BCUT2D eigenvalue weighted by atomic mass is 16.3. The molecular weight excluding hydrogens is 773 g/mol. The number of nitrogens with zero attached hydrogens (tertiary/aromatic N) is 6. The van der Waals surface area contributed by atoms with Crippen LogP contribution in [0.3, 0.4) is 0 Å². The van der Waals surface area contributed by atoms with E-state index in [2.05, 4.69) is 130 Å². The van der Waals surface area contributed by atoms with Crippen LogP contribution in [0, 0.1) is 0 Å². The zero-order valence-corrected chi connectivity index (χ0v) is 33.7.